The molecule has 3 N–H and O–H groups in total. The number of allylic oxidation sites excluding steroid dienone is 1. The lowest BCUT2D eigenvalue weighted by molar-refractivity contribution is -0.143. The Morgan fingerprint density at radius 3 is 1.24 bits per heavy atom. The molecule has 0 spiro atoms. The first-order chi connectivity index (χ1) is 27.0. The Kier molecular flexibility index (Phi) is 44.2. The molecule has 0 saturated heterocycles. The van der Waals surface area contributed by atoms with Gasteiger partial charge in [0.25, 0.3) is 0 Å². The van der Waals surface area contributed by atoms with Gasteiger partial charge in [0.05, 0.1) is 25.4 Å². The Morgan fingerprint density at radius 2 is 0.836 bits per heavy atom. The van der Waals surface area contributed by atoms with Crippen LogP contribution in [0, 0.1) is 0 Å². The maximum absolute atomic E-state index is 12.3. The van der Waals surface area contributed by atoms with Crippen LogP contribution >= 0.6 is 0 Å². The van der Waals surface area contributed by atoms with E-state index in [9.17, 15) is 19.8 Å². The summed E-state index contributed by atoms with van der Waals surface area (Å²) in [5.41, 5.74) is 0. The zero-order chi connectivity index (χ0) is 40.1. The molecular weight excluding hydrogens is 683 g/mol. The first kappa shape index (κ1) is 53.6. The number of ether oxygens (including phenoxy) is 1. The average Bonchev–Trinajstić information content (AvgIpc) is 3.18. The van der Waals surface area contributed by atoms with Crippen molar-refractivity contribution in [2.45, 2.75) is 276 Å². The van der Waals surface area contributed by atoms with E-state index in [0.29, 0.717) is 19.4 Å². The molecule has 0 aliphatic heterocycles. The van der Waals surface area contributed by atoms with E-state index >= 15 is 0 Å². The number of unbranched alkanes of at least 4 members (excludes halogenated alkanes) is 34. The molecule has 0 aliphatic carbocycles. The van der Waals surface area contributed by atoms with Gasteiger partial charge in [0.15, 0.2) is 0 Å². The minimum atomic E-state index is -0.846. The minimum absolute atomic E-state index is 0.00128. The third-order valence-corrected chi connectivity index (χ3v) is 11.3. The molecule has 2 unspecified atom stereocenters. The highest BCUT2D eigenvalue weighted by Gasteiger charge is 2.18. The fourth-order valence-corrected chi connectivity index (χ4v) is 7.51. The third kappa shape index (κ3) is 42.0. The molecule has 0 fully saturated rings. The summed E-state index contributed by atoms with van der Waals surface area (Å²) in [6.07, 6.45) is 50.7. The minimum Gasteiger partial charge on any atom is -0.466 e. The van der Waals surface area contributed by atoms with E-state index in [4.69, 9.17) is 4.74 Å². The molecule has 55 heavy (non-hydrogen) atoms. The Labute approximate surface area is 342 Å². The maximum atomic E-state index is 12.3. The Bertz CT molecular complexity index is 817. The molecular formula is C49H95NO5. The summed E-state index contributed by atoms with van der Waals surface area (Å²) >= 11 is 0. The number of carbonyl (C=O) groups is 2. The summed E-state index contributed by atoms with van der Waals surface area (Å²) < 4.78 is 5.46. The van der Waals surface area contributed by atoms with Crippen LogP contribution in [0.15, 0.2) is 12.2 Å². The molecule has 326 valence electrons. The summed E-state index contributed by atoms with van der Waals surface area (Å²) in [7, 11) is 0. The van der Waals surface area contributed by atoms with Crippen LogP contribution in [0.4, 0.5) is 0 Å². The van der Waals surface area contributed by atoms with E-state index in [-0.39, 0.29) is 18.5 Å². The van der Waals surface area contributed by atoms with E-state index in [2.05, 4.69) is 19.2 Å². The van der Waals surface area contributed by atoms with Gasteiger partial charge in [-0.1, -0.05) is 231 Å². The molecule has 6 heteroatoms. The summed E-state index contributed by atoms with van der Waals surface area (Å²) in [5, 5.41) is 22.9. The van der Waals surface area contributed by atoms with Gasteiger partial charge in [-0.25, -0.2) is 0 Å². The van der Waals surface area contributed by atoms with Gasteiger partial charge in [-0.2, -0.15) is 0 Å². The molecule has 1 amide bonds. The predicted octanol–water partition coefficient (Wildman–Crippen LogP) is 14.2. The number of carbonyl (C=O) groups excluding carboxylic acids is 2. The van der Waals surface area contributed by atoms with Crippen molar-refractivity contribution >= 4 is 11.9 Å². The van der Waals surface area contributed by atoms with Crippen LogP contribution in [-0.4, -0.2) is 47.4 Å². The van der Waals surface area contributed by atoms with E-state index in [0.717, 1.165) is 44.9 Å². The Balaban J connectivity index is 3.41. The first-order valence-electron chi connectivity index (χ1n) is 24.5. The summed E-state index contributed by atoms with van der Waals surface area (Å²) in [6.45, 7) is 4.86. The second-order valence-electron chi connectivity index (χ2n) is 16.8. The van der Waals surface area contributed by atoms with Gasteiger partial charge in [-0.3, -0.25) is 9.59 Å². The van der Waals surface area contributed by atoms with Gasteiger partial charge in [0.2, 0.25) is 5.91 Å². The highest BCUT2D eigenvalue weighted by Crippen LogP contribution is 2.16. The standard InChI is InChI=1S/C49H95NO5/c1-3-5-7-9-11-13-14-15-20-23-27-31-35-39-43-49(54)55-44-40-36-32-28-24-21-18-16-17-19-22-26-30-34-38-42-48(53)50-46(45-51)47(52)41-37-33-29-25-12-10-8-6-4-2/h37,41,46-47,51-52H,3-36,38-40,42-45H2,1-2H3,(H,50,53)/b41-37+. The lowest BCUT2D eigenvalue weighted by Crippen LogP contribution is -2.45. The number of hydrogen-bond donors (Lipinski definition) is 3. The maximum Gasteiger partial charge on any atom is 0.305 e. The van der Waals surface area contributed by atoms with Crippen LogP contribution in [0.2, 0.25) is 0 Å². The average molecular weight is 778 g/mol. The van der Waals surface area contributed by atoms with Crippen molar-refractivity contribution in [2.75, 3.05) is 13.2 Å². The number of amides is 1. The number of aliphatic hydroxyl groups excluding tert-OH is 2. The topological polar surface area (TPSA) is 95.9 Å². The first-order valence-corrected chi connectivity index (χ1v) is 24.5. The molecule has 0 aromatic heterocycles. The number of aliphatic hydroxyl groups is 2. The van der Waals surface area contributed by atoms with Gasteiger partial charge < -0.3 is 20.3 Å². The molecule has 0 aromatic rings. The van der Waals surface area contributed by atoms with Crippen molar-refractivity contribution in [2.24, 2.45) is 0 Å². The van der Waals surface area contributed by atoms with Crippen molar-refractivity contribution in [1.82, 2.24) is 5.32 Å². The molecule has 0 bridgehead atoms. The van der Waals surface area contributed by atoms with E-state index in [1.165, 1.54) is 193 Å². The molecule has 6 nitrogen and oxygen atoms in total. The molecule has 0 aliphatic rings. The molecule has 0 heterocycles. The molecule has 0 radical (unpaired) electrons. The number of nitrogens with one attached hydrogen (secondary N) is 1. The fourth-order valence-electron chi connectivity index (χ4n) is 7.51. The zero-order valence-corrected chi connectivity index (χ0v) is 36.9. The van der Waals surface area contributed by atoms with Crippen molar-refractivity contribution in [3.63, 3.8) is 0 Å². The molecule has 0 rings (SSSR count). The smallest absolute Gasteiger partial charge is 0.305 e. The fraction of sp³-hybridized carbons (Fsp3) is 0.918. The molecule has 2 atom stereocenters. The van der Waals surface area contributed by atoms with Gasteiger partial charge in [-0.15, -0.1) is 0 Å². The second-order valence-corrected chi connectivity index (χ2v) is 16.8. The monoisotopic (exact) mass is 778 g/mol. The largest absolute Gasteiger partial charge is 0.466 e. The van der Waals surface area contributed by atoms with Crippen LogP contribution in [0.1, 0.15) is 264 Å². The highest BCUT2D eigenvalue weighted by molar-refractivity contribution is 5.76. The lowest BCUT2D eigenvalue weighted by Gasteiger charge is -2.20. The second kappa shape index (κ2) is 45.3. The predicted molar refractivity (Wildman–Crippen MR) is 237 cm³/mol. The normalized spacial score (nSPS) is 12.7. The van der Waals surface area contributed by atoms with Gasteiger partial charge in [0, 0.05) is 12.8 Å². The third-order valence-electron chi connectivity index (χ3n) is 11.3. The van der Waals surface area contributed by atoms with Crippen molar-refractivity contribution in [3.05, 3.63) is 12.2 Å². The highest BCUT2D eigenvalue weighted by atomic mass is 16.5. The summed E-state index contributed by atoms with van der Waals surface area (Å²) in [6, 6.07) is -0.630. The summed E-state index contributed by atoms with van der Waals surface area (Å²) in [4.78, 5) is 24.4. The van der Waals surface area contributed by atoms with Crippen molar-refractivity contribution in [3.8, 4) is 0 Å². The number of rotatable bonds is 45. The van der Waals surface area contributed by atoms with Crippen LogP contribution < -0.4 is 5.32 Å². The van der Waals surface area contributed by atoms with Crippen LogP contribution in [0.25, 0.3) is 0 Å². The van der Waals surface area contributed by atoms with Crippen LogP contribution in [0.5, 0.6) is 0 Å². The summed E-state index contributed by atoms with van der Waals surface area (Å²) in [5.74, 6) is -0.0776. The number of hydrogen-bond acceptors (Lipinski definition) is 5. The van der Waals surface area contributed by atoms with E-state index in [1.54, 1.807) is 6.08 Å². The van der Waals surface area contributed by atoms with E-state index in [1.807, 2.05) is 6.08 Å². The lowest BCUT2D eigenvalue weighted by atomic mass is 10.0. The Hall–Kier alpha value is -1.40. The van der Waals surface area contributed by atoms with Crippen LogP contribution in [0.3, 0.4) is 0 Å². The van der Waals surface area contributed by atoms with Crippen molar-refractivity contribution in [1.29, 1.82) is 0 Å². The van der Waals surface area contributed by atoms with Gasteiger partial charge in [0.1, 0.15) is 0 Å². The SMILES string of the molecule is CCCCCCCCC/C=C/C(O)C(CO)NC(=O)CCCCCCCCCCCCCCCCCOC(=O)CCCCCCCCCCCCCCCC. The van der Waals surface area contributed by atoms with Crippen LogP contribution in [-0.2, 0) is 14.3 Å². The van der Waals surface area contributed by atoms with Gasteiger partial charge >= 0.3 is 5.97 Å². The van der Waals surface area contributed by atoms with Crippen molar-refractivity contribution < 1.29 is 24.5 Å². The zero-order valence-electron chi connectivity index (χ0n) is 36.9. The Morgan fingerprint density at radius 1 is 0.491 bits per heavy atom. The molecule has 0 saturated carbocycles. The molecule has 0 aromatic carbocycles. The van der Waals surface area contributed by atoms with E-state index < -0.39 is 12.1 Å². The van der Waals surface area contributed by atoms with Gasteiger partial charge in [-0.05, 0) is 32.1 Å². The number of esters is 1. The quantitative estimate of drug-likeness (QED) is 0.0325.